The summed E-state index contributed by atoms with van der Waals surface area (Å²) < 4.78 is 17.5. The summed E-state index contributed by atoms with van der Waals surface area (Å²) in [5.74, 6) is 0.874. The van der Waals surface area contributed by atoms with E-state index in [-0.39, 0.29) is 11.8 Å². The van der Waals surface area contributed by atoms with Crippen molar-refractivity contribution in [3.8, 4) is 5.75 Å². The Morgan fingerprint density at radius 2 is 1.72 bits per heavy atom. The number of hydrogen-bond donors (Lipinski definition) is 0. The number of allylic oxidation sites excluding steroid dienone is 1. The van der Waals surface area contributed by atoms with Gasteiger partial charge in [-0.2, -0.15) is 0 Å². The van der Waals surface area contributed by atoms with Crippen LogP contribution in [0.3, 0.4) is 0 Å². The van der Waals surface area contributed by atoms with E-state index >= 15 is 0 Å². The molecule has 0 unspecified atom stereocenters. The number of rotatable bonds is 9. The van der Waals surface area contributed by atoms with Gasteiger partial charge in [-0.3, -0.25) is 0 Å². The lowest BCUT2D eigenvalue weighted by Gasteiger charge is -2.36. The Labute approximate surface area is 177 Å². The van der Waals surface area contributed by atoms with Gasteiger partial charge in [0.15, 0.2) is 15.1 Å². The highest BCUT2D eigenvalue weighted by molar-refractivity contribution is 6.74. The van der Waals surface area contributed by atoms with Crippen LogP contribution in [0.25, 0.3) is 6.08 Å². The molecule has 3 nitrogen and oxygen atoms in total. The molecule has 2 aromatic rings. The van der Waals surface area contributed by atoms with Gasteiger partial charge in [-0.25, -0.2) is 0 Å². The number of ether oxygens (including phenoxy) is 2. The lowest BCUT2D eigenvalue weighted by atomic mass is 10.0. The van der Waals surface area contributed by atoms with Crippen LogP contribution in [0, 0.1) is 6.92 Å². The van der Waals surface area contributed by atoms with Crippen LogP contribution in [-0.2, 0) is 22.2 Å². The molecule has 0 saturated heterocycles. The van der Waals surface area contributed by atoms with E-state index in [4.69, 9.17) is 13.9 Å². The Balaban J connectivity index is 2.20. The highest BCUT2D eigenvalue weighted by Crippen LogP contribution is 2.37. The quantitative estimate of drug-likeness (QED) is 0.336. The summed E-state index contributed by atoms with van der Waals surface area (Å²) in [6.07, 6.45) is 5.14. The molecule has 0 aromatic heterocycles. The monoisotopic (exact) mass is 412 g/mol. The fourth-order valence-corrected chi connectivity index (χ4v) is 3.77. The van der Waals surface area contributed by atoms with Crippen molar-refractivity contribution in [2.75, 3.05) is 13.9 Å². The maximum Gasteiger partial charge on any atom is 0.192 e. The Morgan fingerprint density at radius 1 is 1.03 bits per heavy atom. The molecule has 4 heteroatoms. The summed E-state index contributed by atoms with van der Waals surface area (Å²) in [6.45, 7) is 14.3. The van der Waals surface area contributed by atoms with Gasteiger partial charge in [0.25, 0.3) is 0 Å². The largest absolute Gasteiger partial charge is 0.467 e. The molecule has 158 valence electrons. The average molecular weight is 413 g/mol. The predicted octanol–water partition coefficient (Wildman–Crippen LogP) is 6.76. The van der Waals surface area contributed by atoms with Gasteiger partial charge in [-0.1, -0.05) is 69.3 Å². The van der Waals surface area contributed by atoms with Crippen molar-refractivity contribution < 1.29 is 13.9 Å². The van der Waals surface area contributed by atoms with Gasteiger partial charge in [0, 0.05) is 12.7 Å². The van der Waals surface area contributed by atoms with Crippen LogP contribution in [-0.4, -0.2) is 22.2 Å². The van der Waals surface area contributed by atoms with Crippen molar-refractivity contribution in [1.29, 1.82) is 0 Å². The van der Waals surface area contributed by atoms with Gasteiger partial charge in [0.2, 0.25) is 0 Å². The first kappa shape index (κ1) is 23.4. The molecular formula is C25H36O3Si. The highest BCUT2D eigenvalue weighted by atomic mass is 28.4. The zero-order chi connectivity index (χ0) is 21.5. The van der Waals surface area contributed by atoms with Crippen molar-refractivity contribution in [2.45, 2.75) is 58.9 Å². The molecule has 0 fully saturated rings. The number of methoxy groups -OCH3 is 1. The predicted molar refractivity (Wildman–Crippen MR) is 125 cm³/mol. The summed E-state index contributed by atoms with van der Waals surface area (Å²) in [7, 11) is -0.151. The molecular weight excluding hydrogens is 376 g/mol. The van der Waals surface area contributed by atoms with Crippen molar-refractivity contribution >= 4 is 14.4 Å². The molecule has 0 amide bonds. The minimum absolute atomic E-state index is 0.194. The van der Waals surface area contributed by atoms with Gasteiger partial charge >= 0.3 is 0 Å². The molecule has 0 aliphatic carbocycles. The molecule has 0 radical (unpaired) electrons. The van der Waals surface area contributed by atoms with E-state index in [1.807, 2.05) is 6.07 Å². The highest BCUT2D eigenvalue weighted by Gasteiger charge is 2.37. The molecule has 29 heavy (non-hydrogen) atoms. The van der Waals surface area contributed by atoms with E-state index in [0.717, 1.165) is 17.7 Å². The fourth-order valence-electron chi connectivity index (χ4n) is 2.81. The van der Waals surface area contributed by atoms with Crippen LogP contribution >= 0.6 is 0 Å². The third-order valence-corrected chi connectivity index (χ3v) is 10.1. The van der Waals surface area contributed by atoms with Crippen LogP contribution in [0.15, 0.2) is 48.5 Å². The summed E-state index contributed by atoms with van der Waals surface area (Å²) in [4.78, 5) is 0. The number of aryl methyl sites for hydroxylation is 1. The maximum atomic E-state index is 6.41. The normalized spacial score (nSPS) is 12.5. The van der Waals surface area contributed by atoms with E-state index in [0.29, 0.717) is 6.61 Å². The van der Waals surface area contributed by atoms with Crippen LogP contribution in [0.1, 0.15) is 43.0 Å². The van der Waals surface area contributed by atoms with Gasteiger partial charge in [-0.05, 0) is 54.2 Å². The van der Waals surface area contributed by atoms with Gasteiger partial charge < -0.3 is 13.9 Å². The van der Waals surface area contributed by atoms with E-state index in [1.54, 1.807) is 7.11 Å². The second-order valence-electron chi connectivity index (χ2n) is 9.01. The van der Waals surface area contributed by atoms with Crippen LogP contribution < -0.4 is 4.74 Å². The minimum atomic E-state index is -1.80. The van der Waals surface area contributed by atoms with Gasteiger partial charge in [0.05, 0.1) is 6.61 Å². The van der Waals surface area contributed by atoms with Crippen molar-refractivity contribution in [3.63, 3.8) is 0 Å². The number of hydrogen-bond acceptors (Lipinski definition) is 3. The first-order chi connectivity index (χ1) is 13.6. The summed E-state index contributed by atoms with van der Waals surface area (Å²) in [6, 6.07) is 14.7. The molecule has 0 atom stereocenters. The average Bonchev–Trinajstić information content (AvgIpc) is 2.66. The SMILES string of the molecule is COCOc1cc(CO[Si](C)(C)C(C)(C)C)cc(C)c1C/C=C/c1ccccc1. The second-order valence-corrected chi connectivity index (χ2v) is 13.8. The Hall–Kier alpha value is -1.88. The molecule has 0 spiro atoms. The minimum Gasteiger partial charge on any atom is -0.467 e. The standard InChI is InChI=1S/C25H36O3Si/c1-20-16-22(18-28-29(6,7)25(2,3)4)17-24(27-19-26-5)23(20)15-11-14-21-12-9-8-10-13-21/h8-14,16-17H,15,18-19H2,1-7H3/b14-11+. The van der Waals surface area contributed by atoms with Crippen LogP contribution in [0.5, 0.6) is 5.75 Å². The van der Waals surface area contributed by atoms with E-state index in [1.165, 1.54) is 16.7 Å². The molecule has 0 heterocycles. The fraction of sp³-hybridized carbons (Fsp3) is 0.440. The molecule has 0 bridgehead atoms. The zero-order valence-corrected chi connectivity index (χ0v) is 20.0. The Morgan fingerprint density at radius 3 is 2.34 bits per heavy atom. The lowest BCUT2D eigenvalue weighted by molar-refractivity contribution is 0.0503. The maximum absolute atomic E-state index is 6.41. The molecule has 0 saturated carbocycles. The molecule has 2 rings (SSSR count). The van der Waals surface area contributed by atoms with E-state index < -0.39 is 8.32 Å². The zero-order valence-electron chi connectivity index (χ0n) is 19.0. The molecule has 0 N–H and O–H groups in total. The lowest BCUT2D eigenvalue weighted by Crippen LogP contribution is -2.40. The first-order valence-electron chi connectivity index (χ1n) is 10.2. The number of benzene rings is 2. The van der Waals surface area contributed by atoms with Crippen molar-refractivity contribution in [1.82, 2.24) is 0 Å². The second kappa shape index (κ2) is 10.2. The van der Waals surface area contributed by atoms with Crippen LogP contribution in [0.4, 0.5) is 0 Å². The summed E-state index contributed by atoms with van der Waals surface area (Å²) in [5, 5.41) is 0.194. The Kier molecular flexibility index (Phi) is 8.26. The Bertz CT molecular complexity index is 805. The first-order valence-corrected chi connectivity index (χ1v) is 13.1. The van der Waals surface area contributed by atoms with Gasteiger partial charge in [-0.15, -0.1) is 0 Å². The third-order valence-electron chi connectivity index (χ3n) is 5.66. The molecule has 0 aliphatic rings. The topological polar surface area (TPSA) is 27.7 Å². The molecule has 2 aromatic carbocycles. The third kappa shape index (κ3) is 6.84. The van der Waals surface area contributed by atoms with Gasteiger partial charge in [0.1, 0.15) is 5.75 Å². The van der Waals surface area contributed by atoms with Crippen molar-refractivity contribution in [3.05, 3.63) is 70.8 Å². The van der Waals surface area contributed by atoms with E-state index in [2.05, 4.69) is 89.3 Å². The smallest absolute Gasteiger partial charge is 0.192 e. The molecule has 0 aliphatic heterocycles. The van der Waals surface area contributed by atoms with Crippen molar-refractivity contribution in [2.24, 2.45) is 0 Å². The van der Waals surface area contributed by atoms with Crippen LogP contribution in [0.2, 0.25) is 18.1 Å². The summed E-state index contributed by atoms with van der Waals surface area (Å²) in [5.41, 5.74) is 4.74. The van der Waals surface area contributed by atoms with E-state index in [9.17, 15) is 0 Å². The summed E-state index contributed by atoms with van der Waals surface area (Å²) >= 11 is 0.